The van der Waals surface area contributed by atoms with Crippen molar-refractivity contribution in [3.8, 4) is 11.6 Å². The molecule has 146 valence electrons. The molecule has 0 unspecified atom stereocenters. The number of nitrogens with zero attached hydrogens (tertiary/aromatic N) is 2. The lowest BCUT2D eigenvalue weighted by molar-refractivity contribution is -0.137. The summed E-state index contributed by atoms with van der Waals surface area (Å²) in [6, 6.07) is 6.95. The number of benzene rings is 1. The Morgan fingerprint density at radius 2 is 1.93 bits per heavy atom. The smallest absolute Gasteiger partial charge is 0.417 e. The Morgan fingerprint density at radius 3 is 2.54 bits per heavy atom. The maximum atomic E-state index is 12.6. The first-order valence-corrected chi connectivity index (χ1v) is 8.62. The zero-order valence-electron chi connectivity index (χ0n) is 14.3. The fraction of sp³-hybridized carbons (Fsp3) is 0.211. The van der Waals surface area contributed by atoms with E-state index in [1.165, 1.54) is 18.3 Å². The Bertz CT molecular complexity index is 954. The average Bonchev–Trinajstić information content (AvgIpc) is 2.63. The lowest BCUT2D eigenvalue weighted by atomic mass is 9.97. The van der Waals surface area contributed by atoms with Gasteiger partial charge in [-0.3, -0.25) is 9.79 Å². The molecule has 1 aliphatic rings. The number of aliphatic hydroxyl groups excluding tert-OH is 1. The highest BCUT2D eigenvalue weighted by molar-refractivity contribution is 6.31. The highest BCUT2D eigenvalue weighted by Gasteiger charge is 2.31. The summed E-state index contributed by atoms with van der Waals surface area (Å²) in [5, 5.41) is 9.51. The van der Waals surface area contributed by atoms with Gasteiger partial charge >= 0.3 is 6.18 Å². The van der Waals surface area contributed by atoms with E-state index in [9.17, 15) is 23.1 Å². The van der Waals surface area contributed by atoms with Crippen molar-refractivity contribution in [3.63, 3.8) is 0 Å². The number of allylic oxidation sites excluding steroid dienone is 2. The molecule has 5 nitrogen and oxygen atoms in total. The zero-order valence-corrected chi connectivity index (χ0v) is 15.1. The number of hydrogen-bond donors (Lipinski definition) is 1. The van der Waals surface area contributed by atoms with Crippen LogP contribution in [-0.4, -0.2) is 22.1 Å². The summed E-state index contributed by atoms with van der Waals surface area (Å²) in [4.78, 5) is 19.5. The molecule has 0 fully saturated rings. The van der Waals surface area contributed by atoms with Crippen LogP contribution in [0.25, 0.3) is 0 Å². The number of ketones is 1. The number of rotatable bonds is 4. The molecular formula is C19H14ClF3N2O3. The fourth-order valence-corrected chi connectivity index (χ4v) is 2.70. The maximum Gasteiger partial charge on any atom is 0.417 e. The molecule has 1 aromatic heterocycles. The van der Waals surface area contributed by atoms with Gasteiger partial charge < -0.3 is 9.84 Å². The van der Waals surface area contributed by atoms with Crippen LogP contribution in [0.2, 0.25) is 5.02 Å². The third-order valence-corrected chi connectivity index (χ3v) is 4.23. The van der Waals surface area contributed by atoms with Gasteiger partial charge in [-0.25, -0.2) is 4.98 Å². The Kier molecular flexibility index (Phi) is 5.69. The van der Waals surface area contributed by atoms with E-state index >= 15 is 0 Å². The Hall–Kier alpha value is -2.87. The zero-order chi connectivity index (χ0) is 20.3. The second-order valence-electron chi connectivity index (χ2n) is 6.00. The summed E-state index contributed by atoms with van der Waals surface area (Å²) >= 11 is 5.81. The topological polar surface area (TPSA) is 71.8 Å². The maximum absolute atomic E-state index is 12.6. The van der Waals surface area contributed by atoms with Crippen LogP contribution in [0.4, 0.5) is 18.9 Å². The van der Waals surface area contributed by atoms with Crippen molar-refractivity contribution in [1.29, 1.82) is 0 Å². The second-order valence-corrected chi connectivity index (χ2v) is 6.41. The van der Waals surface area contributed by atoms with Gasteiger partial charge in [-0.05, 0) is 36.8 Å². The predicted octanol–water partition coefficient (Wildman–Crippen LogP) is 5.81. The number of aliphatic hydroxyl groups is 1. The van der Waals surface area contributed by atoms with Crippen LogP contribution in [-0.2, 0) is 11.0 Å². The lowest BCUT2D eigenvalue weighted by Gasteiger charge is -2.11. The molecule has 1 N–H and O–H groups in total. The van der Waals surface area contributed by atoms with Gasteiger partial charge in [0, 0.05) is 25.3 Å². The van der Waals surface area contributed by atoms with Crippen molar-refractivity contribution in [3.05, 3.63) is 58.4 Å². The van der Waals surface area contributed by atoms with Crippen molar-refractivity contribution in [2.45, 2.75) is 25.4 Å². The molecule has 1 aliphatic carbocycles. The standard InChI is InChI=1S/C19H14ClF3N2O3/c20-15-8-11(19(21,22)23)9-25-18(15)28-13-6-4-12(5-7-13)24-10-14-16(26)2-1-3-17(14)27/h4-10,26H,1-3H2. The minimum absolute atomic E-state index is 0.0305. The molecule has 0 saturated carbocycles. The normalized spacial score (nSPS) is 15.4. The highest BCUT2D eigenvalue weighted by atomic mass is 35.5. The van der Waals surface area contributed by atoms with Crippen molar-refractivity contribution in [2.24, 2.45) is 4.99 Å². The van der Waals surface area contributed by atoms with Gasteiger partial charge in [0.25, 0.3) is 0 Å². The third-order valence-electron chi connectivity index (χ3n) is 3.96. The monoisotopic (exact) mass is 410 g/mol. The quantitative estimate of drug-likeness (QED) is 0.645. The molecule has 0 radical (unpaired) electrons. The van der Waals surface area contributed by atoms with Gasteiger partial charge in [0.15, 0.2) is 5.78 Å². The number of hydrogen-bond acceptors (Lipinski definition) is 5. The number of pyridine rings is 1. The molecule has 0 saturated heterocycles. The van der Waals surface area contributed by atoms with Gasteiger partial charge in [0.05, 0.1) is 16.8 Å². The Balaban J connectivity index is 1.71. The minimum Gasteiger partial charge on any atom is -0.512 e. The van der Waals surface area contributed by atoms with Crippen molar-refractivity contribution in [2.75, 3.05) is 0 Å². The molecule has 2 aromatic rings. The van der Waals surface area contributed by atoms with Crippen molar-refractivity contribution in [1.82, 2.24) is 4.98 Å². The number of aliphatic imine (C=N–C) groups is 1. The summed E-state index contributed by atoms with van der Waals surface area (Å²) in [6.07, 6.45) is -1.14. The molecular weight excluding hydrogens is 397 g/mol. The first kappa shape index (κ1) is 19.9. The van der Waals surface area contributed by atoms with Crippen LogP contribution in [0.15, 0.2) is 52.9 Å². The largest absolute Gasteiger partial charge is 0.512 e. The molecule has 0 aliphatic heterocycles. The summed E-state index contributed by atoms with van der Waals surface area (Å²) in [5.74, 6) is 0.0103. The molecule has 1 aromatic carbocycles. The van der Waals surface area contributed by atoms with Gasteiger partial charge in [-0.2, -0.15) is 13.2 Å². The van der Waals surface area contributed by atoms with Gasteiger partial charge in [0.2, 0.25) is 5.88 Å². The number of halogens is 4. The van der Waals surface area contributed by atoms with E-state index in [-0.39, 0.29) is 28.0 Å². The van der Waals surface area contributed by atoms with E-state index in [0.717, 1.165) is 6.07 Å². The van der Waals surface area contributed by atoms with E-state index in [0.29, 0.717) is 36.9 Å². The van der Waals surface area contributed by atoms with E-state index < -0.39 is 11.7 Å². The highest BCUT2D eigenvalue weighted by Crippen LogP contribution is 2.34. The summed E-state index contributed by atoms with van der Waals surface area (Å²) < 4.78 is 43.3. The van der Waals surface area contributed by atoms with Crippen LogP contribution < -0.4 is 4.74 Å². The molecule has 9 heteroatoms. The van der Waals surface area contributed by atoms with Crippen LogP contribution in [0.5, 0.6) is 11.6 Å². The van der Waals surface area contributed by atoms with Gasteiger partial charge in [-0.1, -0.05) is 11.6 Å². The van der Waals surface area contributed by atoms with E-state index in [2.05, 4.69) is 9.98 Å². The summed E-state index contributed by atoms with van der Waals surface area (Å²) in [7, 11) is 0. The number of Topliss-reactive ketones (excluding diaryl/α,β-unsaturated/α-hetero) is 1. The number of alkyl halides is 3. The number of carbonyl (C=O) groups excluding carboxylic acids is 1. The lowest BCUT2D eigenvalue weighted by Crippen LogP contribution is -2.12. The predicted molar refractivity (Wildman–Crippen MR) is 97.4 cm³/mol. The van der Waals surface area contributed by atoms with Gasteiger partial charge in [0.1, 0.15) is 16.5 Å². The second kappa shape index (κ2) is 8.02. The summed E-state index contributed by atoms with van der Waals surface area (Å²) in [6.45, 7) is 0. The summed E-state index contributed by atoms with van der Waals surface area (Å²) in [5.41, 5.74) is -0.269. The molecule has 0 bridgehead atoms. The van der Waals surface area contributed by atoms with Crippen LogP contribution in [0.3, 0.4) is 0 Å². The Morgan fingerprint density at radius 1 is 1.21 bits per heavy atom. The number of carbonyl (C=O) groups is 1. The molecule has 0 atom stereocenters. The third kappa shape index (κ3) is 4.69. The van der Waals surface area contributed by atoms with Crippen LogP contribution >= 0.6 is 11.6 Å². The SMILES string of the molecule is O=C1CCCC(O)=C1C=Nc1ccc(Oc2ncc(C(F)(F)F)cc2Cl)cc1. The van der Waals surface area contributed by atoms with Crippen LogP contribution in [0, 0.1) is 0 Å². The molecule has 0 spiro atoms. The number of ether oxygens (including phenoxy) is 1. The van der Waals surface area contributed by atoms with E-state index in [1.54, 1.807) is 12.1 Å². The molecule has 1 heterocycles. The van der Waals surface area contributed by atoms with Crippen LogP contribution in [0.1, 0.15) is 24.8 Å². The average molecular weight is 411 g/mol. The minimum atomic E-state index is -4.54. The van der Waals surface area contributed by atoms with E-state index in [1.807, 2.05) is 0 Å². The van der Waals surface area contributed by atoms with Gasteiger partial charge in [-0.15, -0.1) is 0 Å². The molecule has 3 rings (SSSR count). The van der Waals surface area contributed by atoms with Crippen molar-refractivity contribution >= 4 is 29.3 Å². The fourth-order valence-electron chi connectivity index (χ4n) is 2.50. The van der Waals surface area contributed by atoms with Crippen molar-refractivity contribution < 1.29 is 27.8 Å². The first-order chi connectivity index (χ1) is 13.2. The molecule has 0 amide bonds. The first-order valence-electron chi connectivity index (χ1n) is 8.24. The molecule has 28 heavy (non-hydrogen) atoms. The van der Waals surface area contributed by atoms with E-state index in [4.69, 9.17) is 16.3 Å². The number of aromatic nitrogens is 1. The Labute approximate surface area is 163 Å².